The zero-order chi connectivity index (χ0) is 22.8. The quantitative estimate of drug-likeness (QED) is 0.320. The van der Waals surface area contributed by atoms with Crippen LogP contribution in [0, 0.1) is 0 Å². The average Bonchev–Trinajstić information content (AvgIpc) is 2.63. The van der Waals surface area contributed by atoms with Crippen LogP contribution in [0.1, 0.15) is 88.0 Å². The van der Waals surface area contributed by atoms with E-state index in [0.29, 0.717) is 25.6 Å². The number of rotatable bonds is 15. The lowest BCUT2D eigenvalue weighted by Crippen LogP contribution is -2.57. The van der Waals surface area contributed by atoms with Crippen LogP contribution < -0.4 is 14.7 Å². The van der Waals surface area contributed by atoms with Crippen molar-refractivity contribution in [3.8, 4) is 11.5 Å². The lowest BCUT2D eigenvalue weighted by Gasteiger charge is -2.33. The Morgan fingerprint density at radius 1 is 0.667 bits per heavy atom. The summed E-state index contributed by atoms with van der Waals surface area (Å²) in [5.41, 5.74) is -0.592. The molecule has 0 heterocycles. The van der Waals surface area contributed by atoms with E-state index in [9.17, 15) is 0 Å². The normalized spacial score (nSPS) is 12.8. The second-order valence-electron chi connectivity index (χ2n) is 8.74. The molecule has 0 N–H and O–H groups in total. The third-order valence-corrected chi connectivity index (χ3v) is 7.80. The molecule has 0 aliphatic carbocycles. The van der Waals surface area contributed by atoms with Crippen LogP contribution >= 0.6 is 0 Å². The minimum Gasteiger partial charge on any atom is -0.484 e. The fourth-order valence-electron chi connectivity index (χ4n) is 3.71. The van der Waals surface area contributed by atoms with E-state index < -0.39 is 8.80 Å². The summed E-state index contributed by atoms with van der Waals surface area (Å²) in [6.45, 7) is 20.2. The first kappa shape index (κ1) is 27.0. The molecule has 0 atom stereocenters. The molecule has 0 bridgehead atoms. The number of hydrogen-bond acceptors (Lipinski definition) is 5. The van der Waals surface area contributed by atoms with Gasteiger partial charge in [-0.3, -0.25) is 0 Å². The first-order valence-electron chi connectivity index (χ1n) is 11.5. The lowest BCUT2D eigenvalue weighted by atomic mass is 10.0. The van der Waals surface area contributed by atoms with E-state index in [0.717, 1.165) is 36.6 Å². The van der Waals surface area contributed by atoms with Gasteiger partial charge in [-0.15, -0.1) is 0 Å². The molecule has 0 fully saturated rings. The standard InChI is InChI=1S/C24H44O5Si/c1-10-17-23(6,7)28-21-16-15-20(19-22(21)29-24(8,9)18-11-2)30(25-12-3,26-13-4)27-14-5/h15-16,19H,10-14,17-18H2,1-9H3. The van der Waals surface area contributed by atoms with Gasteiger partial charge < -0.3 is 22.8 Å². The average molecular weight is 441 g/mol. The minimum absolute atomic E-state index is 0.280. The van der Waals surface area contributed by atoms with Gasteiger partial charge in [0, 0.05) is 25.0 Å². The smallest absolute Gasteiger partial charge is 0.484 e. The Hall–Kier alpha value is -1.08. The van der Waals surface area contributed by atoms with Gasteiger partial charge in [0.05, 0.1) is 0 Å². The number of ether oxygens (including phenoxy) is 2. The molecule has 0 amide bonds. The van der Waals surface area contributed by atoms with Crippen molar-refractivity contribution in [2.24, 2.45) is 0 Å². The van der Waals surface area contributed by atoms with E-state index >= 15 is 0 Å². The summed E-state index contributed by atoms with van der Waals surface area (Å²) in [5, 5.41) is 0.899. The maximum absolute atomic E-state index is 6.50. The highest BCUT2D eigenvalue weighted by Gasteiger charge is 2.44. The summed E-state index contributed by atoms with van der Waals surface area (Å²) in [6.07, 6.45) is 4.00. The molecule has 1 aromatic rings. The molecule has 0 aliphatic rings. The molecule has 1 aromatic carbocycles. The summed E-state index contributed by atoms with van der Waals surface area (Å²) in [5.74, 6) is 1.46. The zero-order valence-corrected chi connectivity index (χ0v) is 21.7. The highest BCUT2D eigenvalue weighted by atomic mass is 28.4. The van der Waals surface area contributed by atoms with Crippen LogP contribution in [0.5, 0.6) is 11.5 Å². The Bertz CT molecular complexity index is 613. The van der Waals surface area contributed by atoms with Gasteiger partial charge in [-0.25, -0.2) is 0 Å². The van der Waals surface area contributed by atoms with Crippen molar-refractivity contribution < 1.29 is 22.8 Å². The third-order valence-electron chi connectivity index (χ3n) is 4.78. The van der Waals surface area contributed by atoms with Crippen LogP contribution in [0.25, 0.3) is 0 Å². The van der Waals surface area contributed by atoms with Gasteiger partial charge in [0.25, 0.3) is 0 Å². The van der Waals surface area contributed by atoms with Crippen molar-refractivity contribution in [3.63, 3.8) is 0 Å². The van der Waals surface area contributed by atoms with Gasteiger partial charge in [0.1, 0.15) is 11.2 Å². The van der Waals surface area contributed by atoms with Gasteiger partial charge in [0.2, 0.25) is 0 Å². The Morgan fingerprint density at radius 2 is 1.10 bits per heavy atom. The molecule has 0 unspecified atom stereocenters. The Labute approximate surface area is 185 Å². The topological polar surface area (TPSA) is 46.2 Å². The highest BCUT2D eigenvalue weighted by Crippen LogP contribution is 2.35. The maximum atomic E-state index is 6.50. The van der Waals surface area contributed by atoms with Crippen LogP contribution in [0.4, 0.5) is 0 Å². The first-order chi connectivity index (χ1) is 14.1. The monoisotopic (exact) mass is 440 g/mol. The molecule has 0 aliphatic heterocycles. The van der Waals surface area contributed by atoms with E-state index in [-0.39, 0.29) is 11.2 Å². The van der Waals surface area contributed by atoms with Gasteiger partial charge in [-0.2, -0.15) is 0 Å². The minimum atomic E-state index is -3.03. The molecule has 30 heavy (non-hydrogen) atoms. The summed E-state index contributed by atoms with van der Waals surface area (Å²) in [7, 11) is -3.03. The molecule has 0 saturated carbocycles. The van der Waals surface area contributed by atoms with Crippen LogP contribution in [0.2, 0.25) is 0 Å². The number of hydrogen-bond donors (Lipinski definition) is 0. The molecule has 1 rings (SSSR count). The van der Waals surface area contributed by atoms with Gasteiger partial charge in [0.15, 0.2) is 11.5 Å². The van der Waals surface area contributed by atoms with E-state index in [1.54, 1.807) is 0 Å². The van der Waals surface area contributed by atoms with Crippen molar-refractivity contribution in [3.05, 3.63) is 18.2 Å². The molecule has 174 valence electrons. The largest absolute Gasteiger partial charge is 0.537 e. The molecule has 0 radical (unpaired) electrons. The molecule has 0 spiro atoms. The molecular formula is C24H44O5Si. The first-order valence-corrected chi connectivity index (χ1v) is 13.3. The summed E-state index contributed by atoms with van der Waals surface area (Å²) in [4.78, 5) is 0. The predicted molar refractivity (Wildman–Crippen MR) is 126 cm³/mol. The molecule has 5 nitrogen and oxygen atoms in total. The van der Waals surface area contributed by atoms with Crippen molar-refractivity contribution in [1.29, 1.82) is 0 Å². The van der Waals surface area contributed by atoms with Crippen LogP contribution in [0.3, 0.4) is 0 Å². The van der Waals surface area contributed by atoms with E-state index in [4.69, 9.17) is 22.8 Å². The second kappa shape index (κ2) is 12.1. The van der Waals surface area contributed by atoms with Crippen molar-refractivity contribution >= 4 is 14.0 Å². The van der Waals surface area contributed by atoms with Gasteiger partial charge in [-0.1, -0.05) is 32.8 Å². The van der Waals surface area contributed by atoms with E-state index in [1.165, 1.54) is 0 Å². The van der Waals surface area contributed by atoms with Crippen molar-refractivity contribution in [2.75, 3.05) is 19.8 Å². The fraction of sp³-hybridized carbons (Fsp3) is 0.750. The predicted octanol–water partition coefficient (Wildman–Crippen LogP) is 5.86. The summed E-state index contributed by atoms with van der Waals surface area (Å²) < 4.78 is 31.2. The summed E-state index contributed by atoms with van der Waals surface area (Å²) in [6, 6.07) is 5.98. The Kier molecular flexibility index (Phi) is 10.9. The fourth-order valence-corrected chi connectivity index (χ4v) is 6.19. The van der Waals surface area contributed by atoms with Crippen LogP contribution in [-0.2, 0) is 13.3 Å². The Morgan fingerprint density at radius 3 is 1.50 bits per heavy atom. The molecular weight excluding hydrogens is 396 g/mol. The van der Waals surface area contributed by atoms with E-state index in [2.05, 4.69) is 41.5 Å². The Balaban J connectivity index is 3.48. The second-order valence-corrected chi connectivity index (χ2v) is 11.3. The van der Waals surface area contributed by atoms with Crippen molar-refractivity contribution in [2.45, 2.75) is 99.2 Å². The van der Waals surface area contributed by atoms with Crippen LogP contribution in [0.15, 0.2) is 18.2 Å². The van der Waals surface area contributed by atoms with Crippen LogP contribution in [-0.4, -0.2) is 39.8 Å². The lowest BCUT2D eigenvalue weighted by molar-refractivity contribution is 0.0666. The number of benzene rings is 1. The van der Waals surface area contributed by atoms with E-state index in [1.807, 2.05) is 39.0 Å². The third kappa shape index (κ3) is 7.87. The van der Waals surface area contributed by atoms with Crippen molar-refractivity contribution in [1.82, 2.24) is 0 Å². The maximum Gasteiger partial charge on any atom is 0.537 e. The highest BCUT2D eigenvalue weighted by molar-refractivity contribution is 6.75. The zero-order valence-electron chi connectivity index (χ0n) is 20.7. The van der Waals surface area contributed by atoms with Gasteiger partial charge >= 0.3 is 8.80 Å². The van der Waals surface area contributed by atoms with Gasteiger partial charge in [-0.05, 0) is 73.4 Å². The molecule has 0 saturated heterocycles. The molecule has 6 heteroatoms. The SMILES string of the molecule is CCCC(C)(C)Oc1ccc([Si](OCC)(OCC)OCC)cc1OC(C)(C)CCC. The molecule has 0 aromatic heterocycles. The summed E-state index contributed by atoms with van der Waals surface area (Å²) >= 11 is 0.